The number of halogens is 2. The number of benzene rings is 1. The first-order valence-electron chi connectivity index (χ1n) is 3.37. The minimum absolute atomic E-state index is 0.278. The first-order valence-corrected chi connectivity index (χ1v) is 3.37. The molecule has 1 aromatic carbocycles. The van der Waals surface area contributed by atoms with Gasteiger partial charge in [0.1, 0.15) is 5.94 Å². The molecule has 0 unspecified atom stereocenters. The van der Waals surface area contributed by atoms with Gasteiger partial charge in [-0.15, -0.1) is 0 Å². The van der Waals surface area contributed by atoms with Gasteiger partial charge in [0.2, 0.25) is 0 Å². The molecule has 0 bridgehead atoms. The third-order valence-corrected chi connectivity index (χ3v) is 1.41. The maximum Gasteiger partial charge on any atom is 0.159 e. The largest absolute Gasteiger partial charge is 0.234 e. The molecular weight excluding hydrogens is 162 g/mol. The minimum atomic E-state index is -0.896. The molecule has 0 aliphatic carbocycles. The van der Waals surface area contributed by atoms with E-state index in [2.05, 4.69) is 0 Å². The Hall–Kier alpha value is -1.47. The lowest BCUT2D eigenvalue weighted by Crippen LogP contribution is -1.87. The summed E-state index contributed by atoms with van der Waals surface area (Å²) in [5.41, 5.74) is 0.553. The van der Waals surface area contributed by atoms with Crippen molar-refractivity contribution in [3.63, 3.8) is 0 Å². The van der Waals surface area contributed by atoms with E-state index in [1.807, 2.05) is 0 Å². The van der Waals surface area contributed by atoms with Gasteiger partial charge in [0.25, 0.3) is 0 Å². The fraction of sp³-hybridized carbons (Fsp3) is 0.111. The first-order chi connectivity index (χ1) is 5.74. The van der Waals surface area contributed by atoms with Gasteiger partial charge in [-0.3, -0.25) is 0 Å². The summed E-state index contributed by atoms with van der Waals surface area (Å²) in [6.45, 7) is 0. The second kappa shape index (κ2) is 3.79. The van der Waals surface area contributed by atoms with Crippen molar-refractivity contribution in [3.8, 4) is 0 Å². The van der Waals surface area contributed by atoms with Crippen LogP contribution < -0.4 is 0 Å². The van der Waals surface area contributed by atoms with Crippen LogP contribution in [0.4, 0.5) is 8.78 Å². The Balaban J connectivity index is 2.89. The minimum Gasteiger partial charge on any atom is -0.234 e. The number of rotatable bonds is 2. The maximum atomic E-state index is 12.5. The van der Waals surface area contributed by atoms with Gasteiger partial charge in [0.05, 0.1) is 0 Å². The summed E-state index contributed by atoms with van der Waals surface area (Å²) in [5, 5.41) is 0. The van der Waals surface area contributed by atoms with Crippen molar-refractivity contribution in [1.29, 1.82) is 0 Å². The molecule has 0 saturated carbocycles. The smallest absolute Gasteiger partial charge is 0.159 e. The number of hydrogen-bond acceptors (Lipinski definition) is 1. The van der Waals surface area contributed by atoms with Crippen molar-refractivity contribution in [1.82, 2.24) is 0 Å². The summed E-state index contributed by atoms with van der Waals surface area (Å²) in [6, 6.07) is 3.51. The summed E-state index contributed by atoms with van der Waals surface area (Å²) < 4.78 is 24.9. The zero-order chi connectivity index (χ0) is 8.97. The Labute approximate surface area is 68.3 Å². The maximum absolute atomic E-state index is 12.5. The van der Waals surface area contributed by atoms with E-state index in [1.165, 1.54) is 12.1 Å². The summed E-state index contributed by atoms with van der Waals surface area (Å²) in [5.74, 6) is -0.218. The Bertz CT molecular complexity index is 327. The van der Waals surface area contributed by atoms with Gasteiger partial charge >= 0.3 is 0 Å². The summed E-state index contributed by atoms with van der Waals surface area (Å²) >= 11 is 0. The van der Waals surface area contributed by atoms with E-state index < -0.39 is 11.6 Å². The van der Waals surface area contributed by atoms with Crippen LogP contribution in [0, 0.1) is 11.6 Å². The average Bonchev–Trinajstić information content (AvgIpc) is 2.07. The molecule has 0 aliphatic heterocycles. The van der Waals surface area contributed by atoms with Gasteiger partial charge < -0.3 is 0 Å². The molecule has 1 rings (SSSR count). The standard InChI is InChI=1S/C9H6F2O/c10-8-4-3-7(2-1-5-12)6-9(8)11/h1,3-4,6H,2H2. The fourth-order valence-electron chi connectivity index (χ4n) is 0.826. The highest BCUT2D eigenvalue weighted by atomic mass is 19.2. The van der Waals surface area contributed by atoms with Crippen LogP contribution in [0.3, 0.4) is 0 Å². The molecule has 0 aromatic heterocycles. The van der Waals surface area contributed by atoms with Gasteiger partial charge in [-0.05, 0) is 17.7 Å². The molecule has 0 atom stereocenters. The second-order valence-electron chi connectivity index (χ2n) is 2.27. The third-order valence-electron chi connectivity index (χ3n) is 1.41. The van der Waals surface area contributed by atoms with E-state index in [4.69, 9.17) is 0 Å². The molecule has 12 heavy (non-hydrogen) atoms. The quantitative estimate of drug-likeness (QED) is 0.616. The van der Waals surface area contributed by atoms with Crippen molar-refractivity contribution in [2.45, 2.75) is 6.42 Å². The first kappa shape index (κ1) is 8.62. The second-order valence-corrected chi connectivity index (χ2v) is 2.27. The monoisotopic (exact) mass is 168 g/mol. The van der Waals surface area contributed by atoms with Crippen molar-refractivity contribution < 1.29 is 13.6 Å². The van der Waals surface area contributed by atoms with E-state index >= 15 is 0 Å². The summed E-state index contributed by atoms with van der Waals surface area (Å²) in [4.78, 5) is 9.78. The van der Waals surface area contributed by atoms with Crippen molar-refractivity contribution in [3.05, 3.63) is 41.5 Å². The molecule has 0 heterocycles. The van der Waals surface area contributed by atoms with Gasteiger partial charge in [-0.2, -0.15) is 0 Å². The van der Waals surface area contributed by atoms with Crippen LogP contribution in [0.2, 0.25) is 0 Å². The Morgan fingerprint density at radius 2 is 2.08 bits per heavy atom. The lowest BCUT2D eigenvalue weighted by atomic mass is 10.1. The Morgan fingerprint density at radius 3 is 2.67 bits per heavy atom. The highest BCUT2D eigenvalue weighted by Crippen LogP contribution is 2.08. The van der Waals surface area contributed by atoms with Crippen LogP contribution in [-0.4, -0.2) is 5.94 Å². The molecule has 0 radical (unpaired) electrons. The highest BCUT2D eigenvalue weighted by molar-refractivity contribution is 5.46. The molecule has 62 valence electrons. The van der Waals surface area contributed by atoms with E-state index in [0.29, 0.717) is 5.56 Å². The van der Waals surface area contributed by atoms with E-state index in [1.54, 1.807) is 5.94 Å². The Kier molecular flexibility index (Phi) is 2.72. The number of allylic oxidation sites excluding steroid dienone is 1. The molecular formula is C9H6F2O. The van der Waals surface area contributed by atoms with E-state index in [-0.39, 0.29) is 6.42 Å². The average molecular weight is 168 g/mol. The fourth-order valence-corrected chi connectivity index (χ4v) is 0.826. The molecule has 0 amide bonds. The predicted octanol–water partition coefficient (Wildman–Crippen LogP) is 1.90. The lowest BCUT2D eigenvalue weighted by molar-refractivity contribution is 0.507. The topological polar surface area (TPSA) is 17.1 Å². The molecule has 1 aromatic rings. The molecule has 0 saturated heterocycles. The Morgan fingerprint density at radius 1 is 1.33 bits per heavy atom. The van der Waals surface area contributed by atoms with Crippen LogP contribution in [-0.2, 0) is 11.2 Å². The lowest BCUT2D eigenvalue weighted by Gasteiger charge is -1.95. The van der Waals surface area contributed by atoms with E-state index in [9.17, 15) is 13.6 Å². The summed E-state index contributed by atoms with van der Waals surface area (Å²) in [7, 11) is 0. The van der Waals surface area contributed by atoms with Crippen molar-refractivity contribution in [2.24, 2.45) is 0 Å². The number of hydrogen-bond donors (Lipinski definition) is 0. The molecule has 0 fully saturated rings. The van der Waals surface area contributed by atoms with Crippen LogP contribution in [0.1, 0.15) is 5.56 Å². The van der Waals surface area contributed by atoms with Gasteiger partial charge in [-0.1, -0.05) is 6.07 Å². The van der Waals surface area contributed by atoms with Gasteiger partial charge in [-0.25, -0.2) is 13.6 Å². The van der Waals surface area contributed by atoms with Crippen molar-refractivity contribution in [2.75, 3.05) is 0 Å². The predicted molar refractivity (Wildman–Crippen MR) is 40.3 cm³/mol. The number of carbonyl (C=O) groups excluding carboxylic acids is 1. The summed E-state index contributed by atoms with van der Waals surface area (Å²) in [6.07, 6.45) is 1.49. The molecule has 0 aliphatic rings. The van der Waals surface area contributed by atoms with Crippen LogP contribution in [0.15, 0.2) is 24.3 Å². The molecule has 1 nitrogen and oxygen atoms in total. The van der Waals surface area contributed by atoms with Gasteiger partial charge in [0.15, 0.2) is 11.6 Å². The third kappa shape index (κ3) is 2.01. The van der Waals surface area contributed by atoms with E-state index in [0.717, 1.165) is 12.1 Å². The normalized spacial score (nSPS) is 9.17. The zero-order valence-electron chi connectivity index (χ0n) is 6.18. The van der Waals surface area contributed by atoms with Crippen LogP contribution in [0.5, 0.6) is 0 Å². The molecule has 3 heteroatoms. The van der Waals surface area contributed by atoms with Crippen molar-refractivity contribution >= 4 is 5.94 Å². The highest BCUT2D eigenvalue weighted by Gasteiger charge is 2.00. The zero-order valence-corrected chi connectivity index (χ0v) is 6.18. The van der Waals surface area contributed by atoms with Gasteiger partial charge in [0, 0.05) is 12.5 Å². The molecule has 0 N–H and O–H groups in total. The SMILES string of the molecule is O=C=CCc1ccc(F)c(F)c1. The molecule has 0 spiro atoms. The van der Waals surface area contributed by atoms with Crippen LogP contribution >= 0.6 is 0 Å². The van der Waals surface area contributed by atoms with Crippen LogP contribution in [0.25, 0.3) is 0 Å².